The van der Waals surface area contributed by atoms with Crippen LogP contribution in [0.3, 0.4) is 0 Å². The number of nitriles is 1. The maximum atomic E-state index is 8.93. The molecule has 2 heterocycles. The van der Waals surface area contributed by atoms with E-state index in [2.05, 4.69) is 26.3 Å². The highest BCUT2D eigenvalue weighted by atomic mass is 35.5. The van der Waals surface area contributed by atoms with Crippen LogP contribution in [0.2, 0.25) is 5.02 Å². The highest BCUT2D eigenvalue weighted by molar-refractivity contribution is 6.33. The number of anilines is 2. The van der Waals surface area contributed by atoms with Crippen molar-refractivity contribution in [2.24, 2.45) is 0 Å². The van der Waals surface area contributed by atoms with Crippen LogP contribution in [0.4, 0.5) is 11.5 Å². The minimum Gasteiger partial charge on any atom is -0.368 e. The zero-order valence-corrected chi connectivity index (χ0v) is 12.8. The lowest BCUT2D eigenvalue weighted by Crippen LogP contribution is -2.42. The van der Waals surface area contributed by atoms with E-state index in [0.717, 1.165) is 37.4 Å². The number of hydrogen-bond donors (Lipinski definition) is 1. The Bertz CT molecular complexity index is 683. The summed E-state index contributed by atoms with van der Waals surface area (Å²) in [6, 6.07) is 9.75. The Morgan fingerprint density at radius 1 is 1.36 bits per heavy atom. The summed E-state index contributed by atoms with van der Waals surface area (Å²) in [6.45, 7) is 1.82. The summed E-state index contributed by atoms with van der Waals surface area (Å²) in [5.74, 6) is 0.841. The second kappa shape index (κ2) is 6.63. The van der Waals surface area contributed by atoms with Gasteiger partial charge in [0.05, 0.1) is 22.3 Å². The lowest BCUT2D eigenvalue weighted by atomic mass is 10.0. The van der Waals surface area contributed by atoms with E-state index in [0.29, 0.717) is 16.6 Å². The monoisotopic (exact) mass is 313 g/mol. The highest BCUT2D eigenvalue weighted by Crippen LogP contribution is 2.29. The second-order valence-electron chi connectivity index (χ2n) is 5.30. The maximum absolute atomic E-state index is 8.93. The van der Waals surface area contributed by atoms with Crippen molar-refractivity contribution in [2.45, 2.75) is 18.9 Å². The summed E-state index contributed by atoms with van der Waals surface area (Å²) in [5, 5.41) is 13.0. The maximum Gasteiger partial charge on any atom is 0.129 e. The summed E-state index contributed by atoms with van der Waals surface area (Å²) in [7, 11) is 0. The van der Waals surface area contributed by atoms with Gasteiger partial charge < -0.3 is 10.2 Å². The number of benzene rings is 1. The molecular formula is C16H16ClN5. The molecule has 1 atom stereocenters. The van der Waals surface area contributed by atoms with Gasteiger partial charge in [0.25, 0.3) is 0 Å². The Morgan fingerprint density at radius 2 is 2.27 bits per heavy atom. The molecule has 112 valence electrons. The van der Waals surface area contributed by atoms with E-state index >= 15 is 0 Å². The topological polar surface area (TPSA) is 64.8 Å². The molecule has 1 aromatic carbocycles. The van der Waals surface area contributed by atoms with Gasteiger partial charge in [-0.25, -0.2) is 9.97 Å². The van der Waals surface area contributed by atoms with Gasteiger partial charge in [0, 0.05) is 25.3 Å². The van der Waals surface area contributed by atoms with Crippen LogP contribution in [0.25, 0.3) is 0 Å². The summed E-state index contributed by atoms with van der Waals surface area (Å²) >= 11 is 6.32. The predicted octanol–water partition coefficient (Wildman–Crippen LogP) is 3.08. The third-order valence-electron chi connectivity index (χ3n) is 3.77. The average molecular weight is 314 g/mol. The quantitative estimate of drug-likeness (QED) is 0.943. The van der Waals surface area contributed by atoms with Gasteiger partial charge in [-0.2, -0.15) is 5.26 Å². The lowest BCUT2D eigenvalue weighted by Gasteiger charge is -2.35. The Labute approximate surface area is 134 Å². The molecule has 22 heavy (non-hydrogen) atoms. The third-order valence-corrected chi connectivity index (χ3v) is 4.08. The molecule has 0 aliphatic carbocycles. The SMILES string of the molecule is N#Cc1ccc(N2CCCC(Nc3ccncn3)C2)c(Cl)c1. The van der Waals surface area contributed by atoms with Crippen LogP contribution in [0.15, 0.2) is 36.8 Å². The molecule has 0 amide bonds. The zero-order valence-electron chi connectivity index (χ0n) is 12.0. The number of nitrogens with one attached hydrogen (secondary N) is 1. The van der Waals surface area contributed by atoms with Gasteiger partial charge >= 0.3 is 0 Å². The molecule has 0 saturated carbocycles. The summed E-state index contributed by atoms with van der Waals surface area (Å²) in [6.07, 6.45) is 5.45. The molecule has 1 fully saturated rings. The predicted molar refractivity (Wildman–Crippen MR) is 87.1 cm³/mol. The van der Waals surface area contributed by atoms with Crippen molar-refractivity contribution in [3.05, 3.63) is 47.4 Å². The molecule has 3 rings (SSSR count). The van der Waals surface area contributed by atoms with E-state index in [4.69, 9.17) is 16.9 Å². The van der Waals surface area contributed by atoms with Crippen molar-refractivity contribution in [3.63, 3.8) is 0 Å². The van der Waals surface area contributed by atoms with Gasteiger partial charge in [-0.05, 0) is 37.1 Å². The highest BCUT2D eigenvalue weighted by Gasteiger charge is 2.21. The van der Waals surface area contributed by atoms with Crippen molar-refractivity contribution in [1.82, 2.24) is 9.97 Å². The van der Waals surface area contributed by atoms with Gasteiger partial charge in [0.15, 0.2) is 0 Å². The number of piperidine rings is 1. The minimum atomic E-state index is 0.315. The van der Waals surface area contributed by atoms with Crippen LogP contribution in [-0.4, -0.2) is 29.1 Å². The van der Waals surface area contributed by atoms with E-state index in [1.165, 1.54) is 0 Å². The van der Waals surface area contributed by atoms with Crippen molar-refractivity contribution in [2.75, 3.05) is 23.3 Å². The first-order valence-electron chi connectivity index (χ1n) is 7.23. The summed E-state index contributed by atoms with van der Waals surface area (Å²) < 4.78 is 0. The van der Waals surface area contributed by atoms with Crippen LogP contribution < -0.4 is 10.2 Å². The number of rotatable bonds is 3. The van der Waals surface area contributed by atoms with Gasteiger partial charge in [-0.15, -0.1) is 0 Å². The lowest BCUT2D eigenvalue weighted by molar-refractivity contribution is 0.529. The van der Waals surface area contributed by atoms with Gasteiger partial charge in [0.2, 0.25) is 0 Å². The Balaban J connectivity index is 1.72. The van der Waals surface area contributed by atoms with E-state index in [1.807, 2.05) is 18.2 Å². The average Bonchev–Trinajstić information content (AvgIpc) is 2.56. The fourth-order valence-corrected chi connectivity index (χ4v) is 3.03. The summed E-state index contributed by atoms with van der Waals surface area (Å²) in [4.78, 5) is 10.4. The van der Waals surface area contributed by atoms with Gasteiger partial charge in [-0.3, -0.25) is 0 Å². The largest absolute Gasteiger partial charge is 0.368 e. The molecule has 2 aromatic rings. The molecule has 1 N–H and O–H groups in total. The van der Waals surface area contributed by atoms with Crippen LogP contribution in [0, 0.1) is 11.3 Å². The molecule has 1 aliphatic rings. The summed E-state index contributed by atoms with van der Waals surface area (Å²) in [5.41, 5.74) is 1.57. The van der Waals surface area contributed by atoms with Crippen LogP contribution in [0.5, 0.6) is 0 Å². The third kappa shape index (κ3) is 3.29. The van der Waals surface area contributed by atoms with E-state index in [9.17, 15) is 0 Å². The number of halogens is 1. The molecule has 0 spiro atoms. The van der Waals surface area contributed by atoms with Gasteiger partial charge in [-0.1, -0.05) is 11.6 Å². The molecule has 5 nitrogen and oxygen atoms in total. The van der Waals surface area contributed by atoms with Crippen LogP contribution >= 0.6 is 11.6 Å². The Morgan fingerprint density at radius 3 is 3.00 bits per heavy atom. The molecular weight excluding hydrogens is 298 g/mol. The Hall–Kier alpha value is -2.32. The van der Waals surface area contributed by atoms with E-state index < -0.39 is 0 Å². The number of aromatic nitrogens is 2. The van der Waals surface area contributed by atoms with E-state index in [1.54, 1.807) is 18.6 Å². The van der Waals surface area contributed by atoms with Crippen molar-refractivity contribution < 1.29 is 0 Å². The molecule has 1 unspecified atom stereocenters. The Kier molecular flexibility index (Phi) is 4.40. The van der Waals surface area contributed by atoms with Crippen molar-refractivity contribution in [3.8, 4) is 6.07 Å². The number of hydrogen-bond acceptors (Lipinski definition) is 5. The smallest absolute Gasteiger partial charge is 0.129 e. The first-order valence-corrected chi connectivity index (χ1v) is 7.61. The van der Waals surface area contributed by atoms with Gasteiger partial charge in [0.1, 0.15) is 12.1 Å². The van der Waals surface area contributed by atoms with Crippen molar-refractivity contribution >= 4 is 23.1 Å². The first-order chi connectivity index (χ1) is 10.8. The first kappa shape index (κ1) is 14.6. The van der Waals surface area contributed by atoms with Crippen molar-refractivity contribution in [1.29, 1.82) is 5.26 Å². The molecule has 1 aromatic heterocycles. The molecule has 6 heteroatoms. The second-order valence-corrected chi connectivity index (χ2v) is 5.71. The molecule has 0 bridgehead atoms. The number of nitrogens with zero attached hydrogens (tertiary/aromatic N) is 4. The van der Waals surface area contributed by atoms with Crippen LogP contribution in [-0.2, 0) is 0 Å². The molecule has 1 aliphatic heterocycles. The standard InChI is InChI=1S/C16H16ClN5/c17-14-8-12(9-18)3-4-15(14)22-7-1-2-13(10-22)21-16-5-6-19-11-20-16/h3-6,8,11,13H,1-2,7,10H2,(H,19,20,21). The fraction of sp³-hybridized carbons (Fsp3) is 0.312. The molecule has 0 radical (unpaired) electrons. The van der Waals surface area contributed by atoms with E-state index in [-0.39, 0.29) is 0 Å². The zero-order chi connectivity index (χ0) is 15.4. The minimum absolute atomic E-state index is 0.315. The molecule has 1 saturated heterocycles. The fourth-order valence-electron chi connectivity index (χ4n) is 2.73. The normalized spacial score (nSPS) is 17.8. The van der Waals surface area contributed by atoms with Crippen LogP contribution in [0.1, 0.15) is 18.4 Å².